The highest BCUT2D eigenvalue weighted by atomic mass is 16.5. The van der Waals surface area contributed by atoms with E-state index in [1.807, 2.05) is 12.3 Å². The van der Waals surface area contributed by atoms with Crippen molar-refractivity contribution in [2.75, 3.05) is 25.1 Å². The minimum atomic E-state index is 0.547. The molecule has 4 heteroatoms. The zero-order chi connectivity index (χ0) is 22.1. The number of ether oxygens (including phenoxy) is 1. The summed E-state index contributed by atoms with van der Waals surface area (Å²) in [6, 6.07) is 21.5. The van der Waals surface area contributed by atoms with Crippen LogP contribution >= 0.6 is 0 Å². The number of rotatable bonds is 5. The highest BCUT2D eigenvalue weighted by Crippen LogP contribution is 2.36. The lowest BCUT2D eigenvalue weighted by molar-refractivity contribution is 0.414. The summed E-state index contributed by atoms with van der Waals surface area (Å²) in [7, 11) is 1.72. The summed E-state index contributed by atoms with van der Waals surface area (Å²) in [4.78, 5) is 7.43. The summed E-state index contributed by atoms with van der Waals surface area (Å²) in [5.74, 6) is 2.56. The number of hydrogen-bond acceptors (Lipinski definition) is 3. The molecule has 0 bridgehead atoms. The third-order valence-corrected chi connectivity index (χ3v) is 6.99. The predicted molar refractivity (Wildman–Crippen MR) is 132 cm³/mol. The molecule has 0 saturated carbocycles. The van der Waals surface area contributed by atoms with Gasteiger partial charge in [0.1, 0.15) is 5.75 Å². The summed E-state index contributed by atoms with van der Waals surface area (Å²) in [6.07, 6.45) is 4.40. The molecular formula is C28H31N3O. The first-order chi connectivity index (χ1) is 15.7. The number of benzene rings is 2. The summed E-state index contributed by atoms with van der Waals surface area (Å²) in [5, 5.41) is 1.30. The normalized spacial score (nSPS) is 16.5. The Morgan fingerprint density at radius 2 is 1.88 bits per heavy atom. The number of pyridine rings is 1. The van der Waals surface area contributed by atoms with Gasteiger partial charge in [0.25, 0.3) is 0 Å². The topological polar surface area (TPSA) is 30.3 Å². The Bertz CT molecular complexity index is 1230. The fraction of sp³-hybridized carbons (Fsp3) is 0.321. The van der Waals surface area contributed by atoms with Gasteiger partial charge in [0.05, 0.1) is 12.6 Å². The SMILES string of the molecule is COc1cccc(Cn2c(C)c(C)c3ccnc(N4CCCC(c5ccccc5)C4)c32)c1. The van der Waals surface area contributed by atoms with E-state index < -0.39 is 0 Å². The molecule has 2 aromatic heterocycles. The van der Waals surface area contributed by atoms with E-state index in [1.165, 1.54) is 46.1 Å². The van der Waals surface area contributed by atoms with Crippen molar-refractivity contribution in [3.8, 4) is 5.75 Å². The lowest BCUT2D eigenvalue weighted by Crippen LogP contribution is -2.35. The number of aryl methyl sites for hydroxylation is 1. The van der Waals surface area contributed by atoms with Crippen molar-refractivity contribution in [2.24, 2.45) is 0 Å². The predicted octanol–water partition coefficient (Wildman–Crippen LogP) is 6.09. The minimum absolute atomic E-state index is 0.547. The van der Waals surface area contributed by atoms with Gasteiger partial charge < -0.3 is 14.2 Å². The second-order valence-electron chi connectivity index (χ2n) is 8.87. The lowest BCUT2D eigenvalue weighted by atomic mass is 9.90. The van der Waals surface area contributed by atoms with Crippen LogP contribution in [0.15, 0.2) is 66.9 Å². The largest absolute Gasteiger partial charge is 0.497 e. The van der Waals surface area contributed by atoms with Gasteiger partial charge in [-0.25, -0.2) is 4.98 Å². The molecule has 1 saturated heterocycles. The van der Waals surface area contributed by atoms with Gasteiger partial charge in [-0.1, -0.05) is 42.5 Å². The monoisotopic (exact) mass is 425 g/mol. The molecule has 0 radical (unpaired) electrons. The van der Waals surface area contributed by atoms with Crippen molar-refractivity contribution in [3.05, 3.63) is 89.2 Å². The van der Waals surface area contributed by atoms with E-state index in [0.717, 1.165) is 31.2 Å². The van der Waals surface area contributed by atoms with E-state index >= 15 is 0 Å². The summed E-state index contributed by atoms with van der Waals surface area (Å²) in [5.41, 5.74) is 6.55. The quantitative estimate of drug-likeness (QED) is 0.387. The molecule has 164 valence electrons. The van der Waals surface area contributed by atoms with Crippen LogP contribution in [0.3, 0.4) is 0 Å². The molecule has 0 N–H and O–H groups in total. The summed E-state index contributed by atoms with van der Waals surface area (Å²) in [6.45, 7) is 7.33. The first-order valence-corrected chi connectivity index (χ1v) is 11.5. The number of fused-ring (bicyclic) bond motifs is 1. The highest BCUT2D eigenvalue weighted by Gasteiger charge is 2.25. The molecule has 1 atom stereocenters. The smallest absolute Gasteiger partial charge is 0.153 e. The zero-order valence-electron chi connectivity index (χ0n) is 19.2. The van der Waals surface area contributed by atoms with Gasteiger partial charge in [-0.3, -0.25) is 0 Å². The van der Waals surface area contributed by atoms with Gasteiger partial charge in [0.2, 0.25) is 0 Å². The van der Waals surface area contributed by atoms with Crippen molar-refractivity contribution >= 4 is 16.7 Å². The number of hydrogen-bond donors (Lipinski definition) is 0. The molecule has 0 aliphatic carbocycles. The second kappa shape index (κ2) is 8.70. The highest BCUT2D eigenvalue weighted by molar-refractivity contribution is 5.93. The van der Waals surface area contributed by atoms with E-state index in [4.69, 9.17) is 9.72 Å². The van der Waals surface area contributed by atoms with Crippen molar-refractivity contribution in [1.82, 2.24) is 9.55 Å². The van der Waals surface area contributed by atoms with E-state index in [1.54, 1.807) is 7.11 Å². The maximum Gasteiger partial charge on any atom is 0.153 e. The van der Waals surface area contributed by atoms with Crippen molar-refractivity contribution < 1.29 is 4.74 Å². The molecule has 1 aliphatic heterocycles. The molecule has 4 aromatic rings. The first-order valence-electron chi connectivity index (χ1n) is 11.5. The number of piperidine rings is 1. The maximum atomic E-state index is 5.46. The van der Waals surface area contributed by atoms with Crippen LogP contribution in [-0.4, -0.2) is 29.8 Å². The molecule has 4 nitrogen and oxygen atoms in total. The maximum absolute atomic E-state index is 5.46. The summed E-state index contributed by atoms with van der Waals surface area (Å²) < 4.78 is 7.90. The lowest BCUT2D eigenvalue weighted by Gasteiger charge is -2.34. The van der Waals surface area contributed by atoms with Gasteiger partial charge in [-0.15, -0.1) is 0 Å². The molecule has 3 heterocycles. The molecule has 0 spiro atoms. The first kappa shape index (κ1) is 20.6. The van der Waals surface area contributed by atoms with Crippen LogP contribution < -0.4 is 9.64 Å². The Labute approximate surface area is 190 Å². The van der Waals surface area contributed by atoms with Crippen LogP contribution in [0, 0.1) is 13.8 Å². The minimum Gasteiger partial charge on any atom is -0.497 e. The third kappa shape index (κ3) is 3.75. The Hall–Kier alpha value is -3.27. The fourth-order valence-corrected chi connectivity index (χ4v) is 5.13. The van der Waals surface area contributed by atoms with Gasteiger partial charge in [0, 0.05) is 42.8 Å². The third-order valence-electron chi connectivity index (χ3n) is 6.99. The van der Waals surface area contributed by atoms with Crippen molar-refractivity contribution in [1.29, 1.82) is 0 Å². The molecule has 2 aromatic carbocycles. The van der Waals surface area contributed by atoms with Crippen LogP contribution in [0.1, 0.15) is 41.1 Å². The van der Waals surface area contributed by atoms with E-state index in [0.29, 0.717) is 5.92 Å². The average molecular weight is 426 g/mol. The van der Waals surface area contributed by atoms with Gasteiger partial charge in [-0.2, -0.15) is 0 Å². The van der Waals surface area contributed by atoms with Crippen molar-refractivity contribution in [2.45, 2.75) is 39.2 Å². The van der Waals surface area contributed by atoms with Crippen molar-refractivity contribution in [3.63, 3.8) is 0 Å². The van der Waals surface area contributed by atoms with E-state index in [9.17, 15) is 0 Å². The fourth-order valence-electron chi connectivity index (χ4n) is 5.13. The molecule has 1 fully saturated rings. The standard InChI is InChI=1S/C28H31N3O/c1-20-21(2)31(18-22-9-7-13-25(17-22)32-3)27-26(20)14-15-29-28(27)30-16-8-12-24(19-30)23-10-5-4-6-11-23/h4-7,9-11,13-15,17,24H,8,12,16,18-19H2,1-3H3. The van der Waals surface area contributed by atoms with Gasteiger partial charge in [0.15, 0.2) is 5.82 Å². The Morgan fingerprint density at radius 1 is 1.03 bits per heavy atom. The van der Waals surface area contributed by atoms with Crippen LogP contribution in [0.5, 0.6) is 5.75 Å². The number of anilines is 1. The van der Waals surface area contributed by atoms with Gasteiger partial charge in [-0.05, 0) is 61.6 Å². The van der Waals surface area contributed by atoms with Crippen LogP contribution in [0.25, 0.3) is 10.9 Å². The zero-order valence-corrected chi connectivity index (χ0v) is 19.2. The van der Waals surface area contributed by atoms with Crippen LogP contribution in [0.2, 0.25) is 0 Å². The molecule has 5 rings (SSSR count). The van der Waals surface area contributed by atoms with Crippen LogP contribution in [-0.2, 0) is 6.54 Å². The van der Waals surface area contributed by atoms with E-state index in [-0.39, 0.29) is 0 Å². The van der Waals surface area contributed by atoms with Crippen LogP contribution in [0.4, 0.5) is 5.82 Å². The van der Waals surface area contributed by atoms with Gasteiger partial charge >= 0.3 is 0 Å². The second-order valence-corrected chi connectivity index (χ2v) is 8.87. The average Bonchev–Trinajstić information content (AvgIpc) is 3.10. The Balaban J connectivity index is 1.56. The molecule has 1 aliphatic rings. The molecule has 1 unspecified atom stereocenters. The Morgan fingerprint density at radius 3 is 2.69 bits per heavy atom. The number of aromatic nitrogens is 2. The summed E-state index contributed by atoms with van der Waals surface area (Å²) >= 11 is 0. The Kier molecular flexibility index (Phi) is 5.60. The van der Waals surface area contributed by atoms with E-state index in [2.05, 4.69) is 77.9 Å². The number of nitrogens with zero attached hydrogens (tertiary/aromatic N) is 3. The molecular weight excluding hydrogens is 394 g/mol. The molecule has 0 amide bonds. The molecule has 32 heavy (non-hydrogen) atoms. The number of methoxy groups -OCH3 is 1.